The standard InChI is InChI=1S/C23H35N5O2S/c1-2-3-4-5-6-7-16-30-21-10-8-19(9-11-21)25-23-26-20(18-31-23)17-27-12-14-28(15-13-27)22(24)29/h8-11,18H,2-7,12-17H2,1H3,(H2,24,29)(H,25,26). The van der Waals surface area contributed by atoms with E-state index in [1.165, 1.54) is 32.1 Å². The Labute approximate surface area is 189 Å². The number of ether oxygens (including phenoxy) is 1. The number of carbonyl (C=O) groups is 1. The van der Waals surface area contributed by atoms with Gasteiger partial charge in [0, 0.05) is 43.8 Å². The summed E-state index contributed by atoms with van der Waals surface area (Å²) in [5.74, 6) is 0.911. The van der Waals surface area contributed by atoms with Gasteiger partial charge in [-0.2, -0.15) is 0 Å². The van der Waals surface area contributed by atoms with Gasteiger partial charge in [0.1, 0.15) is 5.75 Å². The zero-order valence-corrected chi connectivity index (χ0v) is 19.3. The highest BCUT2D eigenvalue weighted by Gasteiger charge is 2.19. The number of amides is 2. The molecule has 8 heteroatoms. The normalized spacial score (nSPS) is 14.5. The molecule has 0 atom stereocenters. The quantitative estimate of drug-likeness (QED) is 0.458. The van der Waals surface area contributed by atoms with Crippen molar-refractivity contribution in [2.45, 2.75) is 52.0 Å². The Hall–Kier alpha value is -2.32. The van der Waals surface area contributed by atoms with Crippen LogP contribution in [0.25, 0.3) is 0 Å². The number of piperazine rings is 1. The van der Waals surface area contributed by atoms with Gasteiger partial charge in [-0.25, -0.2) is 9.78 Å². The highest BCUT2D eigenvalue weighted by molar-refractivity contribution is 7.13. The fraction of sp³-hybridized carbons (Fsp3) is 0.565. The fourth-order valence-corrected chi connectivity index (χ4v) is 4.34. The Kier molecular flexibility index (Phi) is 9.42. The Morgan fingerprint density at radius 2 is 1.81 bits per heavy atom. The summed E-state index contributed by atoms with van der Waals surface area (Å²) in [6, 6.07) is 7.73. The number of benzene rings is 1. The molecule has 7 nitrogen and oxygen atoms in total. The average molecular weight is 446 g/mol. The van der Waals surface area contributed by atoms with Gasteiger partial charge in [-0.3, -0.25) is 4.90 Å². The van der Waals surface area contributed by atoms with E-state index in [0.29, 0.717) is 13.1 Å². The average Bonchev–Trinajstić information content (AvgIpc) is 3.21. The maximum Gasteiger partial charge on any atom is 0.314 e. The fourth-order valence-electron chi connectivity index (χ4n) is 3.62. The SMILES string of the molecule is CCCCCCCCOc1ccc(Nc2nc(CN3CCN(C(N)=O)CC3)cs2)cc1. The van der Waals surface area contributed by atoms with E-state index in [4.69, 9.17) is 15.5 Å². The summed E-state index contributed by atoms with van der Waals surface area (Å²) in [6.07, 6.45) is 7.62. The number of unbranched alkanes of at least 4 members (excludes halogenated alkanes) is 5. The van der Waals surface area contributed by atoms with Gasteiger partial charge in [0.2, 0.25) is 0 Å². The number of hydrogen-bond donors (Lipinski definition) is 2. The zero-order valence-electron chi connectivity index (χ0n) is 18.5. The number of thiazole rings is 1. The number of carbonyl (C=O) groups excluding carboxylic acids is 1. The van der Waals surface area contributed by atoms with E-state index in [-0.39, 0.29) is 6.03 Å². The van der Waals surface area contributed by atoms with Crippen molar-refractivity contribution in [1.29, 1.82) is 0 Å². The predicted octanol–water partition coefficient (Wildman–Crippen LogP) is 4.82. The number of anilines is 2. The number of hydrogen-bond acceptors (Lipinski definition) is 6. The number of nitrogens with two attached hydrogens (primary N) is 1. The number of nitrogens with zero attached hydrogens (tertiary/aromatic N) is 3. The molecule has 0 unspecified atom stereocenters. The molecule has 1 aliphatic heterocycles. The highest BCUT2D eigenvalue weighted by Crippen LogP contribution is 2.24. The van der Waals surface area contributed by atoms with Crippen LogP contribution in [0.3, 0.4) is 0 Å². The molecule has 1 fully saturated rings. The summed E-state index contributed by atoms with van der Waals surface area (Å²) < 4.78 is 5.85. The summed E-state index contributed by atoms with van der Waals surface area (Å²) in [5, 5.41) is 6.34. The van der Waals surface area contributed by atoms with Crippen molar-refractivity contribution in [3.8, 4) is 5.75 Å². The summed E-state index contributed by atoms with van der Waals surface area (Å²) in [6.45, 7) is 6.81. The molecule has 0 spiro atoms. The van der Waals surface area contributed by atoms with Gasteiger partial charge in [0.05, 0.1) is 12.3 Å². The number of nitrogens with one attached hydrogen (secondary N) is 1. The lowest BCUT2D eigenvalue weighted by Crippen LogP contribution is -2.50. The van der Waals surface area contributed by atoms with Gasteiger partial charge < -0.3 is 20.7 Å². The minimum Gasteiger partial charge on any atom is -0.494 e. The lowest BCUT2D eigenvalue weighted by Gasteiger charge is -2.33. The molecular weight excluding hydrogens is 410 g/mol. The molecule has 31 heavy (non-hydrogen) atoms. The summed E-state index contributed by atoms with van der Waals surface area (Å²) in [4.78, 5) is 19.9. The maximum absolute atomic E-state index is 11.2. The summed E-state index contributed by atoms with van der Waals surface area (Å²) >= 11 is 1.60. The number of rotatable bonds is 12. The van der Waals surface area contributed by atoms with Crippen LogP contribution in [0, 0.1) is 0 Å². The molecule has 0 aliphatic carbocycles. The van der Waals surface area contributed by atoms with Crippen molar-refractivity contribution in [2.75, 3.05) is 38.1 Å². The van der Waals surface area contributed by atoms with Crippen molar-refractivity contribution in [2.24, 2.45) is 5.73 Å². The second-order valence-electron chi connectivity index (χ2n) is 8.01. The van der Waals surface area contributed by atoms with Crippen molar-refractivity contribution >= 4 is 28.2 Å². The van der Waals surface area contributed by atoms with Crippen molar-refractivity contribution in [1.82, 2.24) is 14.8 Å². The zero-order chi connectivity index (χ0) is 21.9. The number of aromatic nitrogens is 1. The van der Waals surface area contributed by atoms with Crippen LogP contribution >= 0.6 is 11.3 Å². The van der Waals surface area contributed by atoms with E-state index in [1.54, 1.807) is 16.2 Å². The van der Waals surface area contributed by atoms with E-state index in [9.17, 15) is 4.79 Å². The second-order valence-corrected chi connectivity index (χ2v) is 8.87. The van der Waals surface area contributed by atoms with Crippen LogP contribution in [-0.4, -0.2) is 53.6 Å². The van der Waals surface area contributed by atoms with E-state index >= 15 is 0 Å². The lowest BCUT2D eigenvalue weighted by molar-refractivity contribution is 0.140. The molecular formula is C23H35N5O2S. The monoisotopic (exact) mass is 445 g/mol. The van der Waals surface area contributed by atoms with Crippen LogP contribution in [0.1, 0.15) is 51.1 Å². The lowest BCUT2D eigenvalue weighted by atomic mass is 10.1. The molecule has 1 aromatic carbocycles. The van der Waals surface area contributed by atoms with Crippen molar-refractivity contribution < 1.29 is 9.53 Å². The molecule has 1 aromatic heterocycles. The van der Waals surface area contributed by atoms with Crippen LogP contribution in [0.5, 0.6) is 5.75 Å². The first-order valence-corrected chi connectivity index (χ1v) is 12.2. The largest absolute Gasteiger partial charge is 0.494 e. The maximum atomic E-state index is 11.2. The smallest absolute Gasteiger partial charge is 0.314 e. The van der Waals surface area contributed by atoms with Crippen LogP contribution in [0.2, 0.25) is 0 Å². The van der Waals surface area contributed by atoms with Crippen LogP contribution < -0.4 is 15.8 Å². The molecule has 1 aliphatic rings. The minimum atomic E-state index is -0.335. The van der Waals surface area contributed by atoms with Crippen molar-refractivity contribution in [3.05, 3.63) is 35.3 Å². The molecule has 3 N–H and O–H groups in total. The topological polar surface area (TPSA) is 83.7 Å². The third kappa shape index (κ3) is 8.03. The Morgan fingerprint density at radius 3 is 2.52 bits per heavy atom. The summed E-state index contributed by atoms with van der Waals surface area (Å²) in [5.41, 5.74) is 7.39. The van der Waals surface area contributed by atoms with E-state index in [2.05, 4.69) is 22.5 Å². The van der Waals surface area contributed by atoms with Crippen LogP contribution in [0.15, 0.2) is 29.6 Å². The Balaban J connectivity index is 1.37. The van der Waals surface area contributed by atoms with Gasteiger partial charge in [-0.05, 0) is 30.7 Å². The first-order valence-electron chi connectivity index (χ1n) is 11.3. The molecule has 2 heterocycles. The molecule has 2 amide bonds. The second kappa shape index (κ2) is 12.5. The van der Waals surface area contributed by atoms with Gasteiger partial charge >= 0.3 is 6.03 Å². The van der Waals surface area contributed by atoms with Gasteiger partial charge in [0.25, 0.3) is 0 Å². The Bertz CT molecular complexity index is 788. The summed E-state index contributed by atoms with van der Waals surface area (Å²) in [7, 11) is 0. The van der Waals surface area contributed by atoms with E-state index < -0.39 is 0 Å². The molecule has 3 rings (SSSR count). The van der Waals surface area contributed by atoms with Gasteiger partial charge in [-0.1, -0.05) is 39.0 Å². The van der Waals surface area contributed by atoms with Crippen LogP contribution in [-0.2, 0) is 6.54 Å². The van der Waals surface area contributed by atoms with E-state index in [1.807, 2.05) is 24.3 Å². The molecule has 1 saturated heterocycles. The third-order valence-corrected chi connectivity index (χ3v) is 6.30. The van der Waals surface area contributed by atoms with E-state index in [0.717, 1.165) is 54.9 Å². The predicted molar refractivity (Wildman–Crippen MR) is 127 cm³/mol. The molecule has 0 saturated carbocycles. The van der Waals surface area contributed by atoms with Crippen molar-refractivity contribution in [3.63, 3.8) is 0 Å². The first-order chi connectivity index (χ1) is 15.1. The third-order valence-electron chi connectivity index (χ3n) is 5.49. The minimum absolute atomic E-state index is 0.335. The van der Waals surface area contributed by atoms with Gasteiger partial charge in [0.15, 0.2) is 5.13 Å². The number of urea groups is 1. The highest BCUT2D eigenvalue weighted by atomic mass is 32.1. The number of primary amides is 1. The first kappa shape index (κ1) is 23.3. The van der Waals surface area contributed by atoms with Gasteiger partial charge in [-0.15, -0.1) is 11.3 Å². The molecule has 2 aromatic rings. The molecule has 0 radical (unpaired) electrons. The Morgan fingerprint density at radius 1 is 1.10 bits per heavy atom. The molecule has 0 bridgehead atoms. The molecule has 170 valence electrons. The van der Waals surface area contributed by atoms with Crippen LogP contribution in [0.4, 0.5) is 15.6 Å².